The highest BCUT2D eigenvalue weighted by atomic mass is 32.2. The first-order chi connectivity index (χ1) is 10.3. The average Bonchev–Trinajstić information content (AvgIpc) is 3.06. The number of carbonyl (C=O) groups excluding carboxylic acids is 2. The van der Waals surface area contributed by atoms with Crippen LogP contribution in [-0.4, -0.2) is 56.4 Å². The molecule has 3 rings (SSSR count). The van der Waals surface area contributed by atoms with Crippen LogP contribution >= 0.6 is 11.8 Å². The number of likely N-dealkylation sites (tertiary alicyclic amines) is 1. The van der Waals surface area contributed by atoms with E-state index >= 15 is 0 Å². The first-order valence-corrected chi connectivity index (χ1v) is 8.28. The van der Waals surface area contributed by atoms with E-state index < -0.39 is 5.91 Å². The van der Waals surface area contributed by atoms with Crippen molar-refractivity contribution in [3.63, 3.8) is 0 Å². The van der Waals surface area contributed by atoms with Gasteiger partial charge in [0.2, 0.25) is 0 Å². The molecular weight excluding hydrogens is 304 g/mol. The van der Waals surface area contributed by atoms with Crippen molar-refractivity contribution in [2.24, 2.45) is 17.9 Å². The first kappa shape index (κ1) is 15.1. The molecule has 0 bridgehead atoms. The Morgan fingerprint density at radius 3 is 2.41 bits per heavy atom. The molecular formula is C13H20N6O2S. The minimum absolute atomic E-state index is 0.143. The number of urea groups is 1. The van der Waals surface area contributed by atoms with E-state index in [9.17, 15) is 9.59 Å². The highest BCUT2D eigenvalue weighted by Gasteiger charge is 2.56. The van der Waals surface area contributed by atoms with Crippen molar-refractivity contribution in [3.05, 3.63) is 11.9 Å². The normalized spacial score (nSPS) is 30.2. The average molecular weight is 324 g/mol. The van der Waals surface area contributed by atoms with Gasteiger partial charge in [-0.3, -0.25) is 14.9 Å². The third-order valence-corrected chi connectivity index (χ3v) is 6.47. The molecule has 2 aliphatic heterocycles. The highest BCUT2D eigenvalue weighted by Crippen LogP contribution is 2.54. The third-order valence-electron chi connectivity index (χ3n) is 4.78. The molecule has 0 spiro atoms. The van der Waals surface area contributed by atoms with Crippen LogP contribution in [0.3, 0.4) is 0 Å². The molecule has 0 unspecified atom stereocenters. The Morgan fingerprint density at radius 1 is 1.23 bits per heavy atom. The van der Waals surface area contributed by atoms with E-state index in [1.165, 1.54) is 10.9 Å². The number of aryl methyl sites for hydroxylation is 1. The van der Waals surface area contributed by atoms with Crippen LogP contribution in [0.4, 0.5) is 4.79 Å². The van der Waals surface area contributed by atoms with Crippen LogP contribution in [0.5, 0.6) is 0 Å². The highest BCUT2D eigenvalue weighted by molar-refractivity contribution is 7.99. The van der Waals surface area contributed by atoms with Crippen molar-refractivity contribution >= 4 is 23.7 Å². The summed E-state index contributed by atoms with van der Waals surface area (Å²) in [5.74, 6) is 1.66. The molecule has 2 fully saturated rings. The lowest BCUT2D eigenvalue weighted by atomic mass is 9.71. The molecule has 1 aromatic heterocycles. The van der Waals surface area contributed by atoms with E-state index in [1.807, 2.05) is 11.8 Å². The minimum Gasteiger partial charge on any atom is -0.322 e. The molecule has 0 aromatic carbocycles. The summed E-state index contributed by atoms with van der Waals surface area (Å²) in [4.78, 5) is 25.9. The number of nitrogens with zero attached hydrogens (tertiary/aromatic N) is 4. The van der Waals surface area contributed by atoms with Crippen LogP contribution in [0.25, 0.3) is 0 Å². The fraction of sp³-hybridized carbons (Fsp3) is 0.692. The van der Waals surface area contributed by atoms with Crippen LogP contribution in [0, 0.1) is 10.8 Å². The van der Waals surface area contributed by atoms with Gasteiger partial charge in [-0.1, -0.05) is 19.1 Å². The standard InChI is InChI=1S/C13H20N6O2S/c1-12-5-19(6-13(12,2)8-22-7-12)11(21)16-15-10(20)9-4-18(3)17-14-9/h4H,5-8H2,1-3H3,(H,15,20)(H,16,21)/t12-,13+. The smallest absolute Gasteiger partial charge is 0.322 e. The summed E-state index contributed by atoms with van der Waals surface area (Å²) < 4.78 is 1.43. The molecule has 120 valence electrons. The molecule has 8 nitrogen and oxygen atoms in total. The monoisotopic (exact) mass is 324 g/mol. The zero-order valence-electron chi connectivity index (χ0n) is 12.9. The molecule has 3 heterocycles. The van der Waals surface area contributed by atoms with Crippen molar-refractivity contribution in [2.75, 3.05) is 24.6 Å². The Balaban J connectivity index is 1.56. The second-order valence-corrected chi connectivity index (χ2v) is 7.62. The number of nitrogens with one attached hydrogen (secondary N) is 2. The van der Waals surface area contributed by atoms with Crippen LogP contribution in [0.1, 0.15) is 24.3 Å². The van der Waals surface area contributed by atoms with Crippen LogP contribution in [0.15, 0.2) is 6.20 Å². The SMILES string of the molecule is Cn1cc(C(=O)NNC(=O)N2C[C@]3(C)CSC[C@]3(C)C2)nn1. The van der Waals surface area contributed by atoms with E-state index in [1.54, 1.807) is 11.9 Å². The van der Waals surface area contributed by atoms with Gasteiger partial charge in [-0.05, 0) is 0 Å². The topological polar surface area (TPSA) is 92.2 Å². The molecule has 0 saturated carbocycles. The predicted octanol–water partition coefficient (Wildman–Crippen LogP) is 0.245. The van der Waals surface area contributed by atoms with Gasteiger partial charge in [-0.25, -0.2) is 10.2 Å². The number of fused-ring (bicyclic) bond motifs is 1. The summed E-state index contributed by atoms with van der Waals surface area (Å²) >= 11 is 1.95. The lowest BCUT2D eigenvalue weighted by Gasteiger charge is -2.30. The van der Waals surface area contributed by atoms with Gasteiger partial charge in [0, 0.05) is 42.5 Å². The number of aromatic nitrogens is 3. The van der Waals surface area contributed by atoms with Crippen molar-refractivity contribution < 1.29 is 9.59 Å². The fourth-order valence-corrected chi connectivity index (χ4v) is 4.95. The lowest BCUT2D eigenvalue weighted by Crippen LogP contribution is -2.49. The molecule has 0 aliphatic carbocycles. The van der Waals surface area contributed by atoms with Crippen molar-refractivity contribution in [3.8, 4) is 0 Å². The zero-order valence-corrected chi connectivity index (χ0v) is 13.7. The van der Waals surface area contributed by atoms with Crippen LogP contribution in [-0.2, 0) is 7.05 Å². The van der Waals surface area contributed by atoms with Crippen LogP contribution < -0.4 is 10.9 Å². The maximum atomic E-state index is 12.3. The summed E-state index contributed by atoms with van der Waals surface area (Å²) in [6.45, 7) is 5.89. The minimum atomic E-state index is -0.478. The predicted molar refractivity (Wildman–Crippen MR) is 82.1 cm³/mol. The molecule has 2 saturated heterocycles. The molecule has 22 heavy (non-hydrogen) atoms. The molecule has 2 aliphatic rings. The number of hydrogen-bond acceptors (Lipinski definition) is 5. The van der Waals surface area contributed by atoms with Gasteiger partial charge in [0.1, 0.15) is 0 Å². The van der Waals surface area contributed by atoms with E-state index in [0.29, 0.717) is 13.1 Å². The third kappa shape index (κ3) is 2.43. The number of carbonyl (C=O) groups is 2. The van der Waals surface area contributed by atoms with Crippen molar-refractivity contribution in [2.45, 2.75) is 13.8 Å². The number of hydrazine groups is 1. The molecule has 2 N–H and O–H groups in total. The number of rotatable bonds is 1. The van der Waals surface area contributed by atoms with Gasteiger partial charge in [0.05, 0.1) is 6.20 Å². The summed E-state index contributed by atoms with van der Waals surface area (Å²) in [5, 5.41) is 7.37. The fourth-order valence-electron chi connectivity index (χ4n) is 3.07. The van der Waals surface area contributed by atoms with Gasteiger partial charge in [0.15, 0.2) is 5.69 Å². The molecule has 9 heteroatoms. The molecule has 0 radical (unpaired) electrons. The molecule has 3 amide bonds. The van der Waals surface area contributed by atoms with E-state index in [0.717, 1.165) is 11.5 Å². The van der Waals surface area contributed by atoms with E-state index in [4.69, 9.17) is 0 Å². The maximum absolute atomic E-state index is 12.3. The number of hydrogen-bond donors (Lipinski definition) is 2. The lowest BCUT2D eigenvalue weighted by molar-refractivity contribution is 0.0925. The quantitative estimate of drug-likeness (QED) is 0.722. The summed E-state index contributed by atoms with van der Waals surface area (Å²) in [6, 6.07) is -0.279. The Hall–Kier alpha value is -1.77. The van der Waals surface area contributed by atoms with E-state index in [2.05, 4.69) is 35.0 Å². The summed E-state index contributed by atoms with van der Waals surface area (Å²) in [6.07, 6.45) is 1.49. The first-order valence-electron chi connectivity index (χ1n) is 7.12. The molecule has 2 atom stereocenters. The Kier molecular flexibility index (Phi) is 3.54. The Bertz CT molecular complexity index is 601. The second-order valence-electron chi connectivity index (χ2n) is 6.63. The maximum Gasteiger partial charge on any atom is 0.336 e. The summed E-state index contributed by atoms with van der Waals surface area (Å²) in [7, 11) is 1.67. The number of thioether (sulfide) groups is 1. The number of amides is 3. The van der Waals surface area contributed by atoms with Gasteiger partial charge in [-0.2, -0.15) is 11.8 Å². The van der Waals surface area contributed by atoms with Gasteiger partial charge < -0.3 is 4.90 Å². The zero-order chi connectivity index (χ0) is 16.0. The summed E-state index contributed by atoms with van der Waals surface area (Å²) in [5.41, 5.74) is 5.29. The van der Waals surface area contributed by atoms with Gasteiger partial charge >= 0.3 is 6.03 Å². The second kappa shape index (κ2) is 5.15. The van der Waals surface area contributed by atoms with E-state index in [-0.39, 0.29) is 22.6 Å². The van der Waals surface area contributed by atoms with Crippen molar-refractivity contribution in [1.82, 2.24) is 30.7 Å². The molecule has 1 aromatic rings. The Morgan fingerprint density at radius 2 is 1.86 bits per heavy atom. The van der Waals surface area contributed by atoms with Gasteiger partial charge in [0.25, 0.3) is 5.91 Å². The largest absolute Gasteiger partial charge is 0.336 e. The van der Waals surface area contributed by atoms with Crippen LogP contribution in [0.2, 0.25) is 0 Å². The van der Waals surface area contributed by atoms with Gasteiger partial charge in [-0.15, -0.1) is 5.10 Å². The Labute approximate surface area is 133 Å². The van der Waals surface area contributed by atoms with Crippen molar-refractivity contribution in [1.29, 1.82) is 0 Å².